The number of imidazole rings is 1. The molecular formula is C11H8N4O. The van der Waals surface area contributed by atoms with Gasteiger partial charge < -0.3 is 4.98 Å². The van der Waals surface area contributed by atoms with E-state index < -0.39 is 0 Å². The summed E-state index contributed by atoms with van der Waals surface area (Å²) < 4.78 is 1.78. The number of aromatic nitrogens is 4. The molecule has 0 unspecified atom stereocenters. The van der Waals surface area contributed by atoms with Gasteiger partial charge in [-0.15, -0.1) is 0 Å². The number of para-hydroxylation sites is 1. The summed E-state index contributed by atoms with van der Waals surface area (Å²) in [4.78, 5) is 22.1. The standard InChI is InChI=1S/C11H8N4O/c16-11-9-10(12-6-13-11)15(7-14-9)8-4-2-1-3-5-8/h1-7H,(H,12,13,16). The Balaban J connectivity index is 2.34. The minimum atomic E-state index is -0.223. The van der Waals surface area contributed by atoms with E-state index in [1.807, 2.05) is 30.3 Å². The van der Waals surface area contributed by atoms with Crippen molar-refractivity contribution in [3.05, 3.63) is 53.3 Å². The molecule has 0 spiro atoms. The predicted molar refractivity (Wildman–Crippen MR) is 59.5 cm³/mol. The number of rotatable bonds is 1. The van der Waals surface area contributed by atoms with Crippen LogP contribution in [0.15, 0.2) is 47.8 Å². The van der Waals surface area contributed by atoms with Gasteiger partial charge in [-0.3, -0.25) is 9.36 Å². The van der Waals surface area contributed by atoms with E-state index in [1.165, 1.54) is 6.33 Å². The number of nitrogens with one attached hydrogen (secondary N) is 1. The summed E-state index contributed by atoms with van der Waals surface area (Å²) >= 11 is 0. The van der Waals surface area contributed by atoms with Crippen molar-refractivity contribution >= 4 is 11.2 Å². The smallest absolute Gasteiger partial charge is 0.278 e. The topological polar surface area (TPSA) is 63.6 Å². The highest BCUT2D eigenvalue weighted by Gasteiger charge is 2.07. The van der Waals surface area contributed by atoms with E-state index in [4.69, 9.17) is 0 Å². The van der Waals surface area contributed by atoms with Crippen LogP contribution in [0.4, 0.5) is 0 Å². The lowest BCUT2D eigenvalue weighted by Crippen LogP contribution is -2.06. The highest BCUT2D eigenvalue weighted by molar-refractivity contribution is 5.71. The Labute approximate surface area is 90.4 Å². The Morgan fingerprint density at radius 1 is 1.12 bits per heavy atom. The van der Waals surface area contributed by atoms with E-state index in [1.54, 1.807) is 10.9 Å². The lowest BCUT2D eigenvalue weighted by molar-refractivity contribution is 1.06. The first-order chi connectivity index (χ1) is 7.86. The summed E-state index contributed by atoms with van der Waals surface area (Å²) in [6.07, 6.45) is 2.98. The van der Waals surface area contributed by atoms with Crippen molar-refractivity contribution in [2.75, 3.05) is 0 Å². The summed E-state index contributed by atoms with van der Waals surface area (Å²) in [5, 5.41) is 0. The number of aromatic amines is 1. The van der Waals surface area contributed by atoms with Crippen molar-refractivity contribution in [2.24, 2.45) is 0 Å². The molecule has 3 aromatic rings. The molecule has 0 fully saturated rings. The lowest BCUT2D eigenvalue weighted by Gasteiger charge is -2.01. The second-order valence-electron chi connectivity index (χ2n) is 3.35. The molecule has 16 heavy (non-hydrogen) atoms. The number of nitrogens with zero attached hydrogens (tertiary/aromatic N) is 3. The van der Waals surface area contributed by atoms with Crippen LogP contribution in [0.2, 0.25) is 0 Å². The lowest BCUT2D eigenvalue weighted by atomic mass is 10.3. The van der Waals surface area contributed by atoms with Crippen molar-refractivity contribution < 1.29 is 0 Å². The fourth-order valence-electron chi connectivity index (χ4n) is 1.62. The maximum Gasteiger partial charge on any atom is 0.278 e. The largest absolute Gasteiger partial charge is 0.311 e. The van der Waals surface area contributed by atoms with E-state index in [9.17, 15) is 4.79 Å². The normalized spacial score (nSPS) is 10.8. The third kappa shape index (κ3) is 1.22. The Kier molecular flexibility index (Phi) is 1.83. The molecule has 0 atom stereocenters. The van der Waals surface area contributed by atoms with Gasteiger partial charge in [0.25, 0.3) is 5.56 Å². The molecule has 0 aliphatic carbocycles. The van der Waals surface area contributed by atoms with Gasteiger partial charge in [-0.2, -0.15) is 0 Å². The fraction of sp³-hybridized carbons (Fsp3) is 0. The van der Waals surface area contributed by atoms with Gasteiger partial charge in [0.05, 0.1) is 6.33 Å². The van der Waals surface area contributed by atoms with Gasteiger partial charge in [-0.05, 0) is 12.1 Å². The fourth-order valence-corrected chi connectivity index (χ4v) is 1.62. The molecule has 1 N–H and O–H groups in total. The van der Waals surface area contributed by atoms with E-state index in [-0.39, 0.29) is 5.56 Å². The number of hydrogen-bond acceptors (Lipinski definition) is 3. The summed E-state index contributed by atoms with van der Waals surface area (Å²) in [7, 11) is 0. The summed E-state index contributed by atoms with van der Waals surface area (Å²) in [6, 6.07) is 9.65. The summed E-state index contributed by atoms with van der Waals surface area (Å²) in [5.74, 6) is 0. The first kappa shape index (κ1) is 8.84. The van der Waals surface area contributed by atoms with Crippen molar-refractivity contribution in [2.45, 2.75) is 0 Å². The molecule has 3 rings (SSSR count). The van der Waals surface area contributed by atoms with Crippen LogP contribution in [-0.4, -0.2) is 19.5 Å². The van der Waals surface area contributed by atoms with Gasteiger partial charge >= 0.3 is 0 Å². The second kappa shape index (κ2) is 3.30. The van der Waals surface area contributed by atoms with Crippen LogP contribution >= 0.6 is 0 Å². The quantitative estimate of drug-likeness (QED) is 0.657. The Hall–Kier alpha value is -2.43. The summed E-state index contributed by atoms with van der Waals surface area (Å²) in [6.45, 7) is 0. The van der Waals surface area contributed by atoms with E-state index >= 15 is 0 Å². The van der Waals surface area contributed by atoms with Crippen LogP contribution in [0.5, 0.6) is 0 Å². The minimum Gasteiger partial charge on any atom is -0.311 e. The molecule has 0 radical (unpaired) electrons. The monoisotopic (exact) mass is 212 g/mol. The average molecular weight is 212 g/mol. The molecule has 78 valence electrons. The van der Waals surface area contributed by atoms with Gasteiger partial charge in [0, 0.05) is 5.69 Å². The molecule has 0 aliphatic rings. The zero-order valence-electron chi connectivity index (χ0n) is 8.29. The van der Waals surface area contributed by atoms with Crippen molar-refractivity contribution in [3.8, 4) is 5.69 Å². The highest BCUT2D eigenvalue weighted by Crippen LogP contribution is 2.12. The van der Waals surface area contributed by atoms with Gasteiger partial charge in [-0.1, -0.05) is 18.2 Å². The van der Waals surface area contributed by atoms with Crippen LogP contribution in [0.1, 0.15) is 0 Å². The predicted octanol–water partition coefficient (Wildman–Crippen LogP) is 1.11. The number of fused-ring (bicyclic) bond motifs is 1. The molecule has 0 saturated heterocycles. The van der Waals surface area contributed by atoms with Crippen LogP contribution < -0.4 is 5.56 Å². The van der Waals surface area contributed by atoms with Crippen LogP contribution in [-0.2, 0) is 0 Å². The molecule has 2 aromatic heterocycles. The molecule has 2 heterocycles. The molecule has 1 aromatic carbocycles. The van der Waals surface area contributed by atoms with E-state index in [0.29, 0.717) is 11.2 Å². The third-order valence-corrected chi connectivity index (χ3v) is 2.37. The molecular weight excluding hydrogens is 204 g/mol. The van der Waals surface area contributed by atoms with Crippen molar-refractivity contribution in [1.29, 1.82) is 0 Å². The number of benzene rings is 1. The van der Waals surface area contributed by atoms with Gasteiger partial charge in [0.2, 0.25) is 0 Å². The van der Waals surface area contributed by atoms with Gasteiger partial charge in [-0.25, -0.2) is 9.97 Å². The molecule has 0 amide bonds. The van der Waals surface area contributed by atoms with Crippen LogP contribution in [0.3, 0.4) is 0 Å². The maximum atomic E-state index is 11.5. The number of H-pyrrole nitrogens is 1. The summed E-state index contributed by atoms with van der Waals surface area (Å²) in [5.41, 5.74) is 1.63. The molecule has 5 heteroatoms. The van der Waals surface area contributed by atoms with E-state index in [0.717, 1.165) is 5.69 Å². The first-order valence-electron chi connectivity index (χ1n) is 4.82. The Morgan fingerprint density at radius 2 is 1.94 bits per heavy atom. The van der Waals surface area contributed by atoms with Crippen LogP contribution in [0.25, 0.3) is 16.9 Å². The molecule has 0 saturated carbocycles. The second-order valence-corrected chi connectivity index (χ2v) is 3.35. The zero-order chi connectivity index (χ0) is 11.0. The van der Waals surface area contributed by atoms with Gasteiger partial charge in [0.1, 0.15) is 6.33 Å². The van der Waals surface area contributed by atoms with E-state index in [2.05, 4.69) is 15.0 Å². The minimum absolute atomic E-state index is 0.223. The Morgan fingerprint density at radius 3 is 2.75 bits per heavy atom. The van der Waals surface area contributed by atoms with Gasteiger partial charge in [0.15, 0.2) is 11.2 Å². The first-order valence-corrected chi connectivity index (χ1v) is 4.82. The van der Waals surface area contributed by atoms with Crippen molar-refractivity contribution in [3.63, 3.8) is 0 Å². The SMILES string of the molecule is O=c1[nH]cnc2c1ncn2-c1ccccc1. The zero-order valence-corrected chi connectivity index (χ0v) is 8.29. The molecule has 0 bridgehead atoms. The third-order valence-electron chi connectivity index (χ3n) is 2.37. The van der Waals surface area contributed by atoms with Crippen molar-refractivity contribution in [1.82, 2.24) is 19.5 Å². The molecule has 5 nitrogen and oxygen atoms in total. The van der Waals surface area contributed by atoms with Crippen LogP contribution in [0, 0.1) is 0 Å². The maximum absolute atomic E-state index is 11.5. The average Bonchev–Trinajstić information content (AvgIpc) is 2.75. The Bertz CT molecular complexity index is 684. The molecule has 0 aliphatic heterocycles. The highest BCUT2D eigenvalue weighted by atomic mass is 16.1. The number of hydrogen-bond donors (Lipinski definition) is 1.